The van der Waals surface area contributed by atoms with E-state index in [0.29, 0.717) is 17.1 Å². The summed E-state index contributed by atoms with van der Waals surface area (Å²) in [7, 11) is -1.18. The number of aromatic nitrogens is 1. The average Bonchev–Trinajstić information content (AvgIpc) is 2.72. The molecule has 0 fully saturated rings. The summed E-state index contributed by atoms with van der Waals surface area (Å²) in [5.74, 6) is 0.106. The fraction of sp³-hybridized carbons (Fsp3) is 0.375. The highest BCUT2D eigenvalue weighted by Crippen LogP contribution is 2.23. The van der Waals surface area contributed by atoms with Crippen molar-refractivity contribution in [3.63, 3.8) is 0 Å². The Labute approximate surface area is 126 Å². The van der Waals surface area contributed by atoms with Crippen molar-refractivity contribution >= 4 is 15.5 Å². The molecule has 1 aromatic heterocycles. The molecular formula is C16H22N2O2S. The number of rotatable bonds is 5. The van der Waals surface area contributed by atoms with E-state index in [1.807, 2.05) is 19.2 Å². The minimum atomic E-state index is -3.21. The van der Waals surface area contributed by atoms with Crippen molar-refractivity contribution in [2.45, 2.75) is 32.2 Å². The van der Waals surface area contributed by atoms with E-state index in [4.69, 9.17) is 0 Å². The molecule has 0 aliphatic carbocycles. The Hall–Kier alpha value is -1.75. The average molecular weight is 306 g/mol. The molecule has 0 radical (unpaired) electrons. The van der Waals surface area contributed by atoms with Crippen LogP contribution in [-0.2, 0) is 23.4 Å². The lowest BCUT2D eigenvalue weighted by Crippen LogP contribution is -2.09. The van der Waals surface area contributed by atoms with E-state index in [1.54, 1.807) is 19.1 Å². The van der Waals surface area contributed by atoms with Crippen molar-refractivity contribution in [3.8, 4) is 0 Å². The number of hydrogen-bond acceptors (Lipinski definition) is 3. The van der Waals surface area contributed by atoms with Gasteiger partial charge in [-0.2, -0.15) is 0 Å². The number of sulfone groups is 1. The van der Waals surface area contributed by atoms with Gasteiger partial charge in [-0.05, 0) is 37.6 Å². The van der Waals surface area contributed by atoms with Crippen molar-refractivity contribution in [1.82, 2.24) is 4.57 Å². The molecule has 4 nitrogen and oxygen atoms in total. The summed E-state index contributed by atoms with van der Waals surface area (Å²) in [5, 5.41) is 3.26. The number of nitrogens with zero attached hydrogens (tertiary/aromatic N) is 1. The number of benzene rings is 1. The molecule has 0 atom stereocenters. The third kappa shape index (κ3) is 3.13. The number of nitrogens with one attached hydrogen (secondary N) is 1. The van der Waals surface area contributed by atoms with Gasteiger partial charge in [0.1, 0.15) is 0 Å². The fourth-order valence-electron chi connectivity index (χ4n) is 2.34. The maximum absolute atomic E-state index is 12.1. The molecule has 114 valence electrons. The molecular weight excluding hydrogens is 284 g/mol. The second-order valence-corrected chi connectivity index (χ2v) is 7.46. The molecule has 1 aromatic carbocycles. The van der Waals surface area contributed by atoms with E-state index in [9.17, 15) is 8.42 Å². The fourth-order valence-corrected chi connectivity index (χ4v) is 3.41. The summed E-state index contributed by atoms with van der Waals surface area (Å²) < 4.78 is 26.4. The summed E-state index contributed by atoms with van der Waals surface area (Å²) in [4.78, 5) is 0.373. The Morgan fingerprint density at radius 3 is 2.43 bits per heavy atom. The van der Waals surface area contributed by atoms with Gasteiger partial charge in [-0.15, -0.1) is 0 Å². The molecule has 0 aliphatic rings. The van der Waals surface area contributed by atoms with Gasteiger partial charge in [0, 0.05) is 25.0 Å². The summed E-state index contributed by atoms with van der Waals surface area (Å²) in [6.07, 6.45) is 0. The monoisotopic (exact) mass is 306 g/mol. The van der Waals surface area contributed by atoms with Crippen molar-refractivity contribution < 1.29 is 8.42 Å². The molecule has 1 heterocycles. The van der Waals surface area contributed by atoms with Crippen LogP contribution in [0.15, 0.2) is 35.2 Å². The van der Waals surface area contributed by atoms with Gasteiger partial charge in [0.2, 0.25) is 0 Å². The molecule has 1 N–H and O–H groups in total. The zero-order valence-corrected chi connectivity index (χ0v) is 13.8. The summed E-state index contributed by atoms with van der Waals surface area (Å²) in [6.45, 7) is 6.41. The van der Waals surface area contributed by atoms with Crippen molar-refractivity contribution in [2.75, 3.05) is 11.1 Å². The standard InChI is InChI=1S/C16H22N2O2S/c1-5-21(19,20)16-9-7-6-8-15(16)17-11-14-10-12(2)18(4)13(14)3/h6-10,17H,5,11H2,1-4H3. The predicted molar refractivity (Wildman–Crippen MR) is 86.4 cm³/mol. The Morgan fingerprint density at radius 2 is 1.86 bits per heavy atom. The first-order chi connectivity index (χ1) is 9.86. The molecule has 21 heavy (non-hydrogen) atoms. The topological polar surface area (TPSA) is 51.1 Å². The normalized spacial score (nSPS) is 11.6. The number of para-hydroxylation sites is 1. The van der Waals surface area contributed by atoms with Gasteiger partial charge in [0.25, 0.3) is 0 Å². The number of aryl methyl sites for hydroxylation is 1. The van der Waals surface area contributed by atoms with Crippen molar-refractivity contribution in [2.24, 2.45) is 7.05 Å². The molecule has 0 amide bonds. The predicted octanol–water partition coefficient (Wildman–Crippen LogP) is 3.05. The second-order valence-electron chi connectivity index (χ2n) is 5.21. The third-order valence-corrected chi connectivity index (χ3v) is 5.74. The maximum Gasteiger partial charge on any atom is 0.180 e. The zero-order valence-electron chi connectivity index (χ0n) is 13.0. The van der Waals surface area contributed by atoms with E-state index in [1.165, 1.54) is 17.0 Å². The molecule has 0 saturated heterocycles. The first kappa shape index (κ1) is 15.6. The Morgan fingerprint density at radius 1 is 1.19 bits per heavy atom. The molecule has 0 unspecified atom stereocenters. The molecule has 0 bridgehead atoms. The van der Waals surface area contributed by atoms with E-state index in [2.05, 4.69) is 29.8 Å². The van der Waals surface area contributed by atoms with Crippen LogP contribution in [0.25, 0.3) is 0 Å². The minimum Gasteiger partial charge on any atom is -0.380 e. The lowest BCUT2D eigenvalue weighted by atomic mass is 10.2. The molecule has 5 heteroatoms. The van der Waals surface area contributed by atoms with Crippen LogP contribution in [0.4, 0.5) is 5.69 Å². The molecule has 0 spiro atoms. The van der Waals surface area contributed by atoms with Crippen molar-refractivity contribution in [3.05, 3.63) is 47.3 Å². The highest BCUT2D eigenvalue weighted by atomic mass is 32.2. The van der Waals surface area contributed by atoms with E-state index >= 15 is 0 Å². The Balaban J connectivity index is 2.27. The Kier molecular flexibility index (Phi) is 4.42. The van der Waals surface area contributed by atoms with Gasteiger partial charge in [-0.3, -0.25) is 0 Å². The van der Waals surface area contributed by atoms with Gasteiger partial charge >= 0.3 is 0 Å². The molecule has 0 aliphatic heterocycles. The highest BCUT2D eigenvalue weighted by molar-refractivity contribution is 7.91. The van der Waals surface area contributed by atoms with Gasteiger partial charge in [-0.25, -0.2) is 8.42 Å². The van der Waals surface area contributed by atoms with Crippen molar-refractivity contribution in [1.29, 1.82) is 0 Å². The first-order valence-corrected chi connectivity index (χ1v) is 8.69. The van der Waals surface area contributed by atoms with E-state index in [0.717, 1.165) is 0 Å². The van der Waals surface area contributed by atoms with Gasteiger partial charge in [0.05, 0.1) is 16.3 Å². The lowest BCUT2D eigenvalue weighted by molar-refractivity contribution is 0.597. The third-order valence-electron chi connectivity index (χ3n) is 3.95. The quantitative estimate of drug-likeness (QED) is 0.923. The molecule has 2 aromatic rings. The van der Waals surface area contributed by atoms with Crippen LogP contribution in [-0.4, -0.2) is 18.7 Å². The van der Waals surface area contributed by atoms with Crippen LogP contribution in [0.5, 0.6) is 0 Å². The lowest BCUT2D eigenvalue weighted by Gasteiger charge is -2.12. The number of anilines is 1. The van der Waals surface area contributed by atoms with Crippen LogP contribution in [0.3, 0.4) is 0 Å². The minimum absolute atomic E-state index is 0.106. The Bertz CT molecular complexity index is 746. The zero-order chi connectivity index (χ0) is 15.6. The van der Waals surface area contributed by atoms with E-state index < -0.39 is 9.84 Å². The number of hydrogen-bond donors (Lipinski definition) is 1. The molecule has 2 rings (SSSR count). The summed E-state index contributed by atoms with van der Waals surface area (Å²) in [5.41, 5.74) is 4.23. The molecule has 0 saturated carbocycles. The van der Waals surface area contributed by atoms with Crippen LogP contribution >= 0.6 is 0 Å². The summed E-state index contributed by atoms with van der Waals surface area (Å²) in [6, 6.07) is 9.20. The maximum atomic E-state index is 12.1. The largest absolute Gasteiger partial charge is 0.380 e. The van der Waals surface area contributed by atoms with Crippen LogP contribution in [0.2, 0.25) is 0 Å². The smallest absolute Gasteiger partial charge is 0.180 e. The van der Waals surface area contributed by atoms with Gasteiger partial charge in [0.15, 0.2) is 9.84 Å². The van der Waals surface area contributed by atoms with Gasteiger partial charge in [-0.1, -0.05) is 19.1 Å². The highest BCUT2D eigenvalue weighted by Gasteiger charge is 2.16. The van der Waals surface area contributed by atoms with Crippen LogP contribution in [0.1, 0.15) is 23.9 Å². The van der Waals surface area contributed by atoms with Gasteiger partial charge < -0.3 is 9.88 Å². The van der Waals surface area contributed by atoms with E-state index in [-0.39, 0.29) is 5.75 Å². The van der Waals surface area contributed by atoms with Crippen LogP contribution in [0, 0.1) is 13.8 Å². The second kappa shape index (κ2) is 5.93. The summed E-state index contributed by atoms with van der Waals surface area (Å²) >= 11 is 0. The first-order valence-electron chi connectivity index (χ1n) is 7.04. The van der Waals surface area contributed by atoms with Crippen LogP contribution < -0.4 is 5.32 Å². The SMILES string of the molecule is CCS(=O)(=O)c1ccccc1NCc1cc(C)n(C)c1C.